The summed E-state index contributed by atoms with van der Waals surface area (Å²) in [5, 5.41) is 4.37. The average molecular weight is 416 g/mol. The highest BCUT2D eigenvalue weighted by Crippen LogP contribution is 2.23. The topological polar surface area (TPSA) is 64.0 Å². The molecule has 0 bridgehead atoms. The van der Waals surface area contributed by atoms with Crippen LogP contribution in [0, 0.1) is 0 Å². The molecule has 1 atom stereocenters. The fourth-order valence-electron chi connectivity index (χ4n) is 2.81. The molecule has 0 aliphatic heterocycles. The number of aromatic nitrogens is 2. The molecule has 1 N–H and O–H groups in total. The van der Waals surface area contributed by atoms with E-state index in [1.54, 1.807) is 22.8 Å². The van der Waals surface area contributed by atoms with Crippen molar-refractivity contribution in [2.75, 3.05) is 0 Å². The molecular weight excluding hydrogens is 394 g/mol. The van der Waals surface area contributed by atoms with E-state index in [9.17, 15) is 9.59 Å². The minimum Gasteiger partial charge on any atom is -0.351 e. The molecule has 7 heteroatoms. The molecule has 0 saturated heterocycles. The van der Waals surface area contributed by atoms with E-state index >= 15 is 0 Å². The van der Waals surface area contributed by atoms with Gasteiger partial charge in [-0.1, -0.05) is 54.6 Å². The van der Waals surface area contributed by atoms with Crippen molar-refractivity contribution in [3.63, 3.8) is 0 Å². The van der Waals surface area contributed by atoms with Crippen LogP contribution < -0.4 is 10.9 Å². The Kier molecular flexibility index (Phi) is 6.75. The Morgan fingerprint density at radius 3 is 2.64 bits per heavy atom. The number of halogens is 1. The monoisotopic (exact) mass is 415 g/mol. The quantitative estimate of drug-likeness (QED) is 0.462. The number of fused-ring (bicyclic) bond motifs is 1. The lowest BCUT2D eigenvalue weighted by Gasteiger charge is -2.16. The molecule has 3 rings (SSSR count). The first-order valence-corrected chi connectivity index (χ1v) is 10.4. The van der Waals surface area contributed by atoms with Crippen LogP contribution >= 0.6 is 23.4 Å². The summed E-state index contributed by atoms with van der Waals surface area (Å²) in [6, 6.07) is 14.6. The number of carbonyl (C=O) groups is 1. The smallest absolute Gasteiger partial charge is 0.262 e. The number of nitrogens with one attached hydrogen (secondary N) is 1. The highest BCUT2D eigenvalue weighted by atomic mass is 35.5. The summed E-state index contributed by atoms with van der Waals surface area (Å²) in [5.74, 6) is -0.106. The Morgan fingerprint density at radius 1 is 1.21 bits per heavy atom. The summed E-state index contributed by atoms with van der Waals surface area (Å²) in [6.07, 6.45) is 0.810. The highest BCUT2D eigenvalue weighted by molar-refractivity contribution is 8.00. The van der Waals surface area contributed by atoms with Crippen LogP contribution in [0.5, 0.6) is 0 Å². The number of amides is 1. The van der Waals surface area contributed by atoms with Crippen molar-refractivity contribution >= 4 is 40.2 Å². The molecule has 5 nitrogen and oxygen atoms in total. The van der Waals surface area contributed by atoms with Crippen LogP contribution in [0.25, 0.3) is 10.9 Å². The summed E-state index contributed by atoms with van der Waals surface area (Å²) in [6.45, 7) is 4.82. The first kappa shape index (κ1) is 20.4. The second kappa shape index (κ2) is 9.26. The van der Waals surface area contributed by atoms with Crippen molar-refractivity contribution in [2.24, 2.45) is 0 Å². The number of carbonyl (C=O) groups excluding carboxylic acids is 1. The Labute approximate surface area is 173 Å². The second-order valence-electron chi connectivity index (χ2n) is 6.47. The largest absolute Gasteiger partial charge is 0.351 e. The third-order valence-electron chi connectivity index (χ3n) is 4.31. The molecule has 0 fully saturated rings. The van der Waals surface area contributed by atoms with Crippen molar-refractivity contribution in [3.05, 3.63) is 69.5 Å². The molecule has 1 unspecified atom stereocenters. The maximum Gasteiger partial charge on any atom is 0.262 e. The number of rotatable bonds is 7. The van der Waals surface area contributed by atoms with E-state index in [1.165, 1.54) is 11.8 Å². The average Bonchev–Trinajstić information content (AvgIpc) is 2.70. The van der Waals surface area contributed by atoms with Gasteiger partial charge in [0, 0.05) is 18.1 Å². The zero-order valence-electron chi connectivity index (χ0n) is 15.8. The van der Waals surface area contributed by atoms with Gasteiger partial charge < -0.3 is 5.32 Å². The van der Waals surface area contributed by atoms with Crippen molar-refractivity contribution in [1.82, 2.24) is 14.9 Å². The third kappa shape index (κ3) is 4.75. The molecule has 0 radical (unpaired) electrons. The molecule has 1 heterocycles. The van der Waals surface area contributed by atoms with Crippen LogP contribution in [0.2, 0.25) is 5.02 Å². The number of thioether (sulfide) groups is 1. The van der Waals surface area contributed by atoms with E-state index in [2.05, 4.69) is 10.3 Å². The highest BCUT2D eigenvalue weighted by Gasteiger charge is 2.19. The number of para-hydroxylation sites is 1. The lowest BCUT2D eigenvalue weighted by Crippen LogP contribution is -2.31. The summed E-state index contributed by atoms with van der Waals surface area (Å²) >= 11 is 7.19. The molecule has 3 aromatic rings. The molecule has 0 spiro atoms. The van der Waals surface area contributed by atoms with Crippen molar-refractivity contribution in [1.29, 1.82) is 0 Å². The third-order valence-corrected chi connectivity index (χ3v) is 5.65. The van der Waals surface area contributed by atoms with Crippen LogP contribution in [0.4, 0.5) is 0 Å². The van der Waals surface area contributed by atoms with Gasteiger partial charge in [-0.3, -0.25) is 14.2 Å². The molecule has 0 aliphatic carbocycles. The first-order chi connectivity index (χ1) is 13.5. The summed E-state index contributed by atoms with van der Waals surface area (Å²) < 4.78 is 1.66. The molecular formula is C21H22ClN3O2S. The second-order valence-corrected chi connectivity index (χ2v) is 8.22. The SMILES string of the molecule is CCCn1c(SC(C)C(=O)NCc2ccc(Cl)cc2)nc2ccccc2c1=O. The van der Waals surface area contributed by atoms with Gasteiger partial charge in [0.05, 0.1) is 16.2 Å². The van der Waals surface area contributed by atoms with Gasteiger partial charge in [-0.05, 0) is 43.2 Å². The fourth-order valence-corrected chi connectivity index (χ4v) is 3.89. The summed E-state index contributed by atoms with van der Waals surface area (Å²) in [4.78, 5) is 30.0. The molecule has 0 aliphatic rings. The predicted octanol–water partition coefficient (Wildman–Crippen LogP) is 4.26. The summed E-state index contributed by atoms with van der Waals surface area (Å²) in [5.41, 5.74) is 1.56. The van der Waals surface area contributed by atoms with Gasteiger partial charge in [-0.15, -0.1) is 0 Å². The molecule has 1 aromatic heterocycles. The molecule has 2 aromatic carbocycles. The van der Waals surface area contributed by atoms with Gasteiger partial charge in [0.1, 0.15) is 0 Å². The summed E-state index contributed by atoms with van der Waals surface area (Å²) in [7, 11) is 0. The van der Waals surface area contributed by atoms with E-state index in [4.69, 9.17) is 11.6 Å². The van der Waals surface area contributed by atoms with E-state index < -0.39 is 0 Å². The van der Waals surface area contributed by atoms with Gasteiger partial charge >= 0.3 is 0 Å². The molecule has 1 amide bonds. The normalized spacial score (nSPS) is 12.1. The fraction of sp³-hybridized carbons (Fsp3) is 0.286. The number of hydrogen-bond acceptors (Lipinski definition) is 4. The van der Waals surface area contributed by atoms with Crippen molar-refractivity contribution in [3.8, 4) is 0 Å². The lowest BCUT2D eigenvalue weighted by molar-refractivity contribution is -0.120. The standard InChI is InChI=1S/C21H22ClN3O2S/c1-3-12-25-20(27)17-6-4-5-7-18(17)24-21(25)28-14(2)19(26)23-13-15-8-10-16(22)11-9-15/h4-11,14H,3,12-13H2,1-2H3,(H,23,26). The van der Waals surface area contributed by atoms with Crippen LogP contribution in [0.15, 0.2) is 58.5 Å². The van der Waals surface area contributed by atoms with Crippen molar-refractivity contribution < 1.29 is 4.79 Å². The van der Waals surface area contributed by atoms with Gasteiger partial charge in [0.2, 0.25) is 5.91 Å². The van der Waals surface area contributed by atoms with E-state index in [0.29, 0.717) is 34.2 Å². The van der Waals surface area contributed by atoms with E-state index in [0.717, 1.165) is 12.0 Å². The Morgan fingerprint density at radius 2 is 1.93 bits per heavy atom. The van der Waals surface area contributed by atoms with Gasteiger partial charge in [0.15, 0.2) is 5.16 Å². The molecule has 0 saturated carbocycles. The number of benzene rings is 2. The van der Waals surface area contributed by atoms with Crippen molar-refractivity contribution in [2.45, 2.75) is 43.8 Å². The van der Waals surface area contributed by atoms with Crippen LogP contribution in [-0.4, -0.2) is 20.7 Å². The maximum atomic E-state index is 12.8. The first-order valence-electron chi connectivity index (χ1n) is 9.18. The lowest BCUT2D eigenvalue weighted by atomic mass is 10.2. The number of nitrogens with zero attached hydrogens (tertiary/aromatic N) is 2. The zero-order valence-corrected chi connectivity index (χ0v) is 17.4. The molecule has 146 valence electrons. The zero-order chi connectivity index (χ0) is 20.1. The van der Waals surface area contributed by atoms with Gasteiger partial charge in [0.25, 0.3) is 5.56 Å². The number of hydrogen-bond donors (Lipinski definition) is 1. The Balaban J connectivity index is 1.76. The maximum absolute atomic E-state index is 12.8. The predicted molar refractivity (Wildman–Crippen MR) is 115 cm³/mol. The van der Waals surface area contributed by atoms with Crippen LogP contribution in [0.1, 0.15) is 25.8 Å². The van der Waals surface area contributed by atoms with Gasteiger partial charge in [-0.2, -0.15) is 0 Å². The minimum absolute atomic E-state index is 0.0660. The minimum atomic E-state index is -0.386. The van der Waals surface area contributed by atoms with Crippen LogP contribution in [-0.2, 0) is 17.9 Å². The van der Waals surface area contributed by atoms with Gasteiger partial charge in [-0.25, -0.2) is 4.98 Å². The van der Waals surface area contributed by atoms with E-state index in [-0.39, 0.29) is 16.7 Å². The van der Waals surface area contributed by atoms with Crippen LogP contribution in [0.3, 0.4) is 0 Å². The Bertz CT molecular complexity index is 1030. The van der Waals surface area contributed by atoms with E-state index in [1.807, 2.05) is 44.2 Å². The molecule has 28 heavy (non-hydrogen) atoms. The Hall–Kier alpha value is -2.31.